The molecule has 3 aromatic rings. The number of aromatic nitrogens is 2. The van der Waals surface area contributed by atoms with Gasteiger partial charge in [0.05, 0.1) is 17.4 Å². The van der Waals surface area contributed by atoms with Gasteiger partial charge in [-0.25, -0.2) is 9.37 Å². The number of hydrogen-bond donors (Lipinski definition) is 2. The Balaban J connectivity index is 0.000000172. The molecular weight excluding hydrogens is 451 g/mol. The molecule has 2 heterocycles. The van der Waals surface area contributed by atoms with Crippen LogP contribution in [0.4, 0.5) is 4.39 Å². The monoisotopic (exact) mass is 476 g/mol. The zero-order valence-electron chi connectivity index (χ0n) is 17.1. The summed E-state index contributed by atoms with van der Waals surface area (Å²) in [4.78, 5) is 20.3. The second-order valence-corrected chi connectivity index (χ2v) is 7.92. The molecule has 1 atom stereocenters. The number of nitrogens with one attached hydrogen (secondary N) is 2. The molecule has 4 rings (SSSR count). The summed E-state index contributed by atoms with van der Waals surface area (Å²) in [6.07, 6.45) is 1.16. The second kappa shape index (κ2) is 10.7. The van der Waals surface area contributed by atoms with Gasteiger partial charge in [0, 0.05) is 32.2 Å². The SMILES string of the molecule is CC1CNCCN1Cc1ccccc1.CCOc1cc(Br)c(F)c2nc[nH]c(=O)c12. The Hall–Kier alpha value is -2.29. The first-order valence-corrected chi connectivity index (χ1v) is 10.8. The molecular formula is C22H26BrFN4O2. The molecule has 1 aromatic heterocycles. The minimum atomic E-state index is -0.565. The Labute approximate surface area is 183 Å². The first-order valence-electron chi connectivity index (χ1n) is 9.98. The van der Waals surface area contributed by atoms with Gasteiger partial charge in [-0.05, 0) is 41.4 Å². The van der Waals surface area contributed by atoms with Gasteiger partial charge in [-0.3, -0.25) is 9.69 Å². The summed E-state index contributed by atoms with van der Waals surface area (Å²) in [7, 11) is 0. The molecule has 0 saturated carbocycles. The number of aromatic amines is 1. The fraction of sp³-hybridized carbons (Fsp3) is 0.364. The lowest BCUT2D eigenvalue weighted by Gasteiger charge is -2.33. The summed E-state index contributed by atoms with van der Waals surface area (Å²) in [5, 5.41) is 3.54. The number of halogens is 2. The van der Waals surface area contributed by atoms with E-state index in [4.69, 9.17) is 4.74 Å². The first-order chi connectivity index (χ1) is 14.5. The summed E-state index contributed by atoms with van der Waals surface area (Å²) in [6, 6.07) is 12.8. The van der Waals surface area contributed by atoms with Gasteiger partial charge in [0.2, 0.25) is 0 Å². The highest BCUT2D eigenvalue weighted by molar-refractivity contribution is 9.10. The van der Waals surface area contributed by atoms with E-state index in [1.165, 1.54) is 11.6 Å². The highest BCUT2D eigenvalue weighted by Gasteiger charge is 2.17. The zero-order valence-corrected chi connectivity index (χ0v) is 18.7. The maximum atomic E-state index is 13.7. The van der Waals surface area contributed by atoms with Crippen LogP contribution in [-0.4, -0.2) is 47.2 Å². The molecule has 30 heavy (non-hydrogen) atoms. The van der Waals surface area contributed by atoms with E-state index in [-0.39, 0.29) is 15.4 Å². The molecule has 0 bridgehead atoms. The summed E-state index contributed by atoms with van der Waals surface area (Å²) in [5.41, 5.74) is 1.00. The van der Waals surface area contributed by atoms with Crippen LogP contribution in [0.3, 0.4) is 0 Å². The van der Waals surface area contributed by atoms with E-state index in [0.717, 1.165) is 32.5 Å². The fourth-order valence-corrected chi connectivity index (χ4v) is 3.76. The lowest BCUT2D eigenvalue weighted by atomic mass is 10.1. The normalized spacial score (nSPS) is 16.7. The van der Waals surface area contributed by atoms with E-state index in [9.17, 15) is 9.18 Å². The Bertz CT molecular complexity index is 1030. The number of nitrogens with zero attached hydrogens (tertiary/aromatic N) is 2. The molecule has 1 fully saturated rings. The van der Waals surface area contributed by atoms with Crippen molar-refractivity contribution in [3.63, 3.8) is 0 Å². The quantitative estimate of drug-likeness (QED) is 0.600. The van der Waals surface area contributed by atoms with Crippen LogP contribution < -0.4 is 15.6 Å². The first kappa shape index (κ1) is 22.4. The Morgan fingerprint density at radius 3 is 2.80 bits per heavy atom. The Kier molecular flexibility index (Phi) is 7.95. The highest BCUT2D eigenvalue weighted by Crippen LogP contribution is 2.29. The molecule has 0 spiro atoms. The van der Waals surface area contributed by atoms with Gasteiger partial charge >= 0.3 is 0 Å². The minimum Gasteiger partial charge on any atom is -0.493 e. The van der Waals surface area contributed by atoms with Crippen molar-refractivity contribution in [2.45, 2.75) is 26.4 Å². The second-order valence-electron chi connectivity index (χ2n) is 7.07. The van der Waals surface area contributed by atoms with Crippen LogP contribution in [0, 0.1) is 5.82 Å². The number of benzene rings is 2. The van der Waals surface area contributed by atoms with Gasteiger partial charge in [0.25, 0.3) is 5.56 Å². The van der Waals surface area contributed by atoms with Gasteiger partial charge in [-0.2, -0.15) is 0 Å². The molecule has 2 aromatic carbocycles. The lowest BCUT2D eigenvalue weighted by Crippen LogP contribution is -2.49. The topological polar surface area (TPSA) is 70.2 Å². The van der Waals surface area contributed by atoms with Crippen molar-refractivity contribution >= 4 is 26.8 Å². The fourth-order valence-electron chi connectivity index (χ4n) is 3.36. The molecule has 1 unspecified atom stereocenters. The molecule has 1 aliphatic rings. The average Bonchev–Trinajstić information content (AvgIpc) is 2.75. The van der Waals surface area contributed by atoms with E-state index in [1.54, 1.807) is 6.92 Å². The van der Waals surface area contributed by atoms with E-state index < -0.39 is 11.4 Å². The maximum absolute atomic E-state index is 13.7. The van der Waals surface area contributed by atoms with Crippen LogP contribution in [0.1, 0.15) is 19.4 Å². The minimum absolute atomic E-state index is 0.00146. The van der Waals surface area contributed by atoms with Crippen molar-refractivity contribution in [3.05, 3.63) is 68.9 Å². The molecule has 6 nitrogen and oxygen atoms in total. The number of rotatable bonds is 4. The third kappa shape index (κ3) is 5.44. The molecule has 0 radical (unpaired) electrons. The van der Waals surface area contributed by atoms with E-state index in [1.807, 2.05) is 0 Å². The van der Waals surface area contributed by atoms with E-state index in [0.29, 0.717) is 18.4 Å². The number of ether oxygens (including phenoxy) is 1. The summed E-state index contributed by atoms with van der Waals surface area (Å²) < 4.78 is 19.2. The predicted octanol–water partition coefficient (Wildman–Crippen LogP) is 3.70. The van der Waals surface area contributed by atoms with Crippen LogP contribution in [-0.2, 0) is 6.54 Å². The molecule has 8 heteroatoms. The van der Waals surface area contributed by atoms with Crippen molar-refractivity contribution in [2.24, 2.45) is 0 Å². The smallest absolute Gasteiger partial charge is 0.262 e. The molecule has 2 N–H and O–H groups in total. The van der Waals surface area contributed by atoms with Crippen molar-refractivity contribution in [1.82, 2.24) is 20.2 Å². The summed E-state index contributed by atoms with van der Waals surface area (Å²) >= 11 is 3.05. The number of H-pyrrole nitrogens is 1. The maximum Gasteiger partial charge on any atom is 0.262 e. The van der Waals surface area contributed by atoms with E-state index >= 15 is 0 Å². The van der Waals surface area contributed by atoms with Gasteiger partial charge < -0.3 is 15.0 Å². The van der Waals surface area contributed by atoms with Crippen molar-refractivity contribution in [3.8, 4) is 5.75 Å². The van der Waals surface area contributed by atoms with Crippen LogP contribution >= 0.6 is 15.9 Å². The number of piperazine rings is 1. The van der Waals surface area contributed by atoms with Crippen LogP contribution in [0.15, 0.2) is 52.0 Å². The molecule has 1 saturated heterocycles. The van der Waals surface area contributed by atoms with Gasteiger partial charge in [-0.15, -0.1) is 0 Å². The van der Waals surface area contributed by atoms with Crippen molar-refractivity contribution < 1.29 is 9.13 Å². The molecule has 0 amide bonds. The van der Waals surface area contributed by atoms with Crippen LogP contribution in [0.2, 0.25) is 0 Å². The predicted molar refractivity (Wildman–Crippen MR) is 120 cm³/mol. The van der Waals surface area contributed by atoms with Crippen molar-refractivity contribution in [2.75, 3.05) is 26.2 Å². The standard InChI is InChI=1S/C12H18N2.C10H8BrFN2O2/c1-11-9-13-7-8-14(11)10-12-5-3-2-4-6-12;1-2-16-6-3-5(11)8(12)9-7(6)10(15)14-4-13-9/h2-6,11,13H,7-10H2,1H3;3-4H,2H2,1H3,(H,13,14,15). The van der Waals surface area contributed by atoms with Crippen LogP contribution in [0.5, 0.6) is 5.75 Å². The van der Waals surface area contributed by atoms with Crippen LogP contribution in [0.25, 0.3) is 10.9 Å². The average molecular weight is 477 g/mol. The number of hydrogen-bond acceptors (Lipinski definition) is 5. The summed E-state index contributed by atoms with van der Waals surface area (Å²) in [5.74, 6) is -0.246. The van der Waals surface area contributed by atoms with E-state index in [2.05, 4.69) is 73.4 Å². The van der Waals surface area contributed by atoms with Crippen molar-refractivity contribution in [1.29, 1.82) is 0 Å². The third-order valence-electron chi connectivity index (χ3n) is 4.94. The Morgan fingerprint density at radius 1 is 1.33 bits per heavy atom. The van der Waals surface area contributed by atoms with Gasteiger partial charge in [0.1, 0.15) is 16.7 Å². The zero-order chi connectivity index (χ0) is 21.5. The lowest BCUT2D eigenvalue weighted by molar-refractivity contribution is 0.165. The molecule has 160 valence electrons. The third-order valence-corrected chi connectivity index (χ3v) is 5.52. The van der Waals surface area contributed by atoms with Gasteiger partial charge in [-0.1, -0.05) is 30.3 Å². The molecule has 1 aliphatic heterocycles. The van der Waals surface area contributed by atoms with Gasteiger partial charge in [0.15, 0.2) is 5.82 Å². The summed E-state index contributed by atoms with van der Waals surface area (Å²) in [6.45, 7) is 8.95. The number of fused-ring (bicyclic) bond motifs is 1. The molecule has 0 aliphatic carbocycles. The Morgan fingerprint density at radius 2 is 2.10 bits per heavy atom. The highest BCUT2D eigenvalue weighted by atomic mass is 79.9. The largest absolute Gasteiger partial charge is 0.493 e.